The molecule has 0 unspecified atom stereocenters. The average molecular weight is 330 g/mol. The van der Waals surface area contributed by atoms with Crippen LogP contribution < -0.4 is 9.47 Å². The highest BCUT2D eigenvalue weighted by molar-refractivity contribution is 5.40. The van der Waals surface area contributed by atoms with Crippen LogP contribution in [0.25, 0.3) is 0 Å². The van der Waals surface area contributed by atoms with Crippen molar-refractivity contribution < 1.29 is 14.0 Å². The number of likely N-dealkylation sites (tertiary alicyclic amines) is 1. The van der Waals surface area contributed by atoms with E-state index in [1.165, 1.54) is 6.42 Å². The molecule has 1 aromatic heterocycles. The van der Waals surface area contributed by atoms with Gasteiger partial charge in [-0.2, -0.15) is 0 Å². The second kappa shape index (κ2) is 7.26. The third-order valence-electron chi connectivity index (χ3n) is 4.68. The molecule has 5 nitrogen and oxygen atoms in total. The molecular formula is C19H26N2O3. The molecule has 5 heteroatoms. The lowest BCUT2D eigenvalue weighted by molar-refractivity contribution is 0.232. The number of benzene rings is 1. The zero-order valence-corrected chi connectivity index (χ0v) is 14.9. The summed E-state index contributed by atoms with van der Waals surface area (Å²) in [5.41, 5.74) is 2.18. The van der Waals surface area contributed by atoms with E-state index in [0.717, 1.165) is 48.0 Å². The van der Waals surface area contributed by atoms with Gasteiger partial charge in [-0.25, -0.2) is 0 Å². The van der Waals surface area contributed by atoms with E-state index in [0.29, 0.717) is 12.0 Å². The van der Waals surface area contributed by atoms with Crippen molar-refractivity contribution in [2.24, 2.45) is 0 Å². The molecule has 2 heterocycles. The first-order valence-corrected chi connectivity index (χ1v) is 8.53. The highest BCUT2D eigenvalue weighted by atomic mass is 16.5. The van der Waals surface area contributed by atoms with Crippen molar-refractivity contribution in [2.75, 3.05) is 20.8 Å². The second-order valence-electron chi connectivity index (χ2n) is 6.62. The Morgan fingerprint density at radius 2 is 2.08 bits per heavy atom. The van der Waals surface area contributed by atoms with Gasteiger partial charge in [0.1, 0.15) is 23.0 Å². The summed E-state index contributed by atoms with van der Waals surface area (Å²) in [7, 11) is 3.40. The van der Waals surface area contributed by atoms with E-state index in [2.05, 4.69) is 36.0 Å². The van der Waals surface area contributed by atoms with Gasteiger partial charge in [0.15, 0.2) is 0 Å². The van der Waals surface area contributed by atoms with Crippen LogP contribution in [0, 0.1) is 0 Å². The predicted octanol–water partition coefficient (Wildman–Crippen LogP) is 4.15. The van der Waals surface area contributed by atoms with Gasteiger partial charge in [-0.05, 0) is 37.6 Å². The molecule has 0 aliphatic carbocycles. The van der Waals surface area contributed by atoms with Crippen LogP contribution in [-0.2, 0) is 6.54 Å². The molecule has 1 saturated heterocycles. The van der Waals surface area contributed by atoms with Gasteiger partial charge >= 0.3 is 0 Å². The van der Waals surface area contributed by atoms with Crippen molar-refractivity contribution in [2.45, 2.75) is 45.2 Å². The van der Waals surface area contributed by atoms with Crippen LogP contribution in [0.5, 0.6) is 11.5 Å². The van der Waals surface area contributed by atoms with Gasteiger partial charge in [0.05, 0.1) is 20.3 Å². The Morgan fingerprint density at radius 1 is 1.25 bits per heavy atom. The Bertz CT molecular complexity index is 681. The number of rotatable bonds is 6. The standard InChI is InChI=1S/C19H26N2O3/c1-13(2)19-11-16(20-24-19)17-6-5-9-21(17)12-14-10-15(22-3)7-8-18(14)23-4/h7-8,10-11,13,17H,5-6,9,12H2,1-4H3/t17-/m1/s1. The first-order valence-electron chi connectivity index (χ1n) is 8.53. The molecule has 1 atom stereocenters. The molecule has 1 aliphatic rings. The molecule has 3 rings (SSSR count). The average Bonchev–Trinajstić information content (AvgIpc) is 3.23. The zero-order chi connectivity index (χ0) is 17.1. The summed E-state index contributed by atoms with van der Waals surface area (Å²) in [6, 6.07) is 8.35. The fraction of sp³-hybridized carbons (Fsp3) is 0.526. The van der Waals surface area contributed by atoms with Gasteiger partial charge in [-0.3, -0.25) is 4.90 Å². The van der Waals surface area contributed by atoms with E-state index in [1.807, 2.05) is 12.1 Å². The van der Waals surface area contributed by atoms with Gasteiger partial charge in [-0.15, -0.1) is 0 Å². The summed E-state index contributed by atoms with van der Waals surface area (Å²) in [6.45, 7) is 6.11. The van der Waals surface area contributed by atoms with E-state index in [4.69, 9.17) is 14.0 Å². The summed E-state index contributed by atoms with van der Waals surface area (Å²) in [6.07, 6.45) is 2.27. The van der Waals surface area contributed by atoms with Crippen LogP contribution in [0.1, 0.15) is 55.7 Å². The normalized spacial score (nSPS) is 18.3. The summed E-state index contributed by atoms with van der Waals surface area (Å²) < 4.78 is 16.4. The first kappa shape index (κ1) is 16.8. The number of hydrogen-bond donors (Lipinski definition) is 0. The van der Waals surface area contributed by atoms with Crippen molar-refractivity contribution in [3.05, 3.63) is 41.3 Å². The van der Waals surface area contributed by atoms with E-state index in [1.54, 1.807) is 14.2 Å². The quantitative estimate of drug-likeness (QED) is 0.796. The Morgan fingerprint density at radius 3 is 2.75 bits per heavy atom. The Kier molecular flexibility index (Phi) is 5.09. The maximum atomic E-state index is 5.52. The summed E-state index contributed by atoms with van der Waals surface area (Å²) in [5, 5.41) is 4.32. The summed E-state index contributed by atoms with van der Waals surface area (Å²) in [4.78, 5) is 2.44. The molecule has 0 saturated carbocycles. The maximum absolute atomic E-state index is 5.52. The minimum atomic E-state index is 0.303. The van der Waals surface area contributed by atoms with E-state index in [9.17, 15) is 0 Å². The fourth-order valence-electron chi connectivity index (χ4n) is 3.31. The third kappa shape index (κ3) is 3.41. The molecule has 0 spiro atoms. The summed E-state index contributed by atoms with van der Waals surface area (Å²) in [5.74, 6) is 3.06. The molecule has 1 aliphatic heterocycles. The van der Waals surface area contributed by atoms with Crippen LogP contribution in [0.15, 0.2) is 28.8 Å². The molecule has 0 amide bonds. The first-order chi connectivity index (χ1) is 11.6. The van der Waals surface area contributed by atoms with Crippen LogP contribution in [-0.4, -0.2) is 30.8 Å². The van der Waals surface area contributed by atoms with E-state index < -0.39 is 0 Å². The van der Waals surface area contributed by atoms with E-state index in [-0.39, 0.29) is 0 Å². The number of ether oxygens (including phenoxy) is 2. The van der Waals surface area contributed by atoms with Crippen LogP contribution in [0.2, 0.25) is 0 Å². The number of nitrogens with zero attached hydrogens (tertiary/aromatic N) is 2. The SMILES string of the molecule is COc1ccc(OC)c(CN2CCC[C@@H]2c2cc(C(C)C)on2)c1. The highest BCUT2D eigenvalue weighted by Gasteiger charge is 2.29. The van der Waals surface area contributed by atoms with Gasteiger partial charge in [0.25, 0.3) is 0 Å². The van der Waals surface area contributed by atoms with Crippen molar-refractivity contribution in [1.29, 1.82) is 0 Å². The molecule has 24 heavy (non-hydrogen) atoms. The highest BCUT2D eigenvalue weighted by Crippen LogP contribution is 2.35. The minimum Gasteiger partial charge on any atom is -0.497 e. The maximum Gasteiger partial charge on any atom is 0.139 e. The molecule has 130 valence electrons. The largest absolute Gasteiger partial charge is 0.497 e. The summed E-state index contributed by atoms with van der Waals surface area (Å²) >= 11 is 0. The van der Waals surface area contributed by atoms with Gasteiger partial charge in [-0.1, -0.05) is 19.0 Å². The van der Waals surface area contributed by atoms with Crippen molar-refractivity contribution >= 4 is 0 Å². The topological polar surface area (TPSA) is 47.7 Å². The minimum absolute atomic E-state index is 0.303. The number of hydrogen-bond acceptors (Lipinski definition) is 5. The lowest BCUT2D eigenvalue weighted by Crippen LogP contribution is -2.23. The second-order valence-corrected chi connectivity index (χ2v) is 6.62. The molecule has 0 radical (unpaired) electrons. The van der Waals surface area contributed by atoms with Crippen molar-refractivity contribution in [3.8, 4) is 11.5 Å². The lowest BCUT2D eigenvalue weighted by Gasteiger charge is -2.23. The van der Waals surface area contributed by atoms with E-state index >= 15 is 0 Å². The zero-order valence-electron chi connectivity index (χ0n) is 14.9. The molecule has 1 aromatic carbocycles. The fourth-order valence-corrected chi connectivity index (χ4v) is 3.31. The third-order valence-corrected chi connectivity index (χ3v) is 4.68. The van der Waals surface area contributed by atoms with Gasteiger partial charge < -0.3 is 14.0 Å². The Balaban J connectivity index is 1.81. The lowest BCUT2D eigenvalue weighted by atomic mass is 10.1. The van der Waals surface area contributed by atoms with Gasteiger partial charge in [0.2, 0.25) is 0 Å². The number of methoxy groups -OCH3 is 2. The smallest absolute Gasteiger partial charge is 0.139 e. The monoisotopic (exact) mass is 330 g/mol. The van der Waals surface area contributed by atoms with Crippen LogP contribution in [0.3, 0.4) is 0 Å². The number of aromatic nitrogens is 1. The molecule has 2 aromatic rings. The predicted molar refractivity (Wildman–Crippen MR) is 92.5 cm³/mol. The van der Waals surface area contributed by atoms with Crippen LogP contribution in [0.4, 0.5) is 0 Å². The van der Waals surface area contributed by atoms with Gasteiger partial charge in [0, 0.05) is 24.1 Å². The van der Waals surface area contributed by atoms with Crippen molar-refractivity contribution in [3.63, 3.8) is 0 Å². The molecule has 0 bridgehead atoms. The van der Waals surface area contributed by atoms with Crippen molar-refractivity contribution in [1.82, 2.24) is 10.1 Å². The Labute approximate surface area is 143 Å². The molecule has 1 fully saturated rings. The van der Waals surface area contributed by atoms with Crippen LogP contribution >= 0.6 is 0 Å². The molecule has 0 N–H and O–H groups in total. The Hall–Kier alpha value is -2.01. The molecular weight excluding hydrogens is 304 g/mol.